The number of aromatic hydroxyl groups is 1. The highest BCUT2D eigenvalue weighted by Gasteiger charge is 2.19. The van der Waals surface area contributed by atoms with E-state index in [1.807, 2.05) is 30.3 Å². The predicted molar refractivity (Wildman–Crippen MR) is 101 cm³/mol. The Bertz CT molecular complexity index is 890. The fourth-order valence-corrected chi connectivity index (χ4v) is 3.07. The first-order valence-electron chi connectivity index (χ1n) is 8.46. The lowest BCUT2D eigenvalue weighted by Crippen LogP contribution is -2.45. The Morgan fingerprint density at radius 2 is 1.64 bits per heavy atom. The van der Waals surface area contributed by atoms with Gasteiger partial charge in [-0.15, -0.1) is 0 Å². The van der Waals surface area contributed by atoms with Gasteiger partial charge in [-0.3, -0.25) is 0 Å². The molecule has 3 aromatic rings. The minimum atomic E-state index is 0.181. The van der Waals surface area contributed by atoms with E-state index in [2.05, 4.69) is 33.2 Å². The third-order valence-electron chi connectivity index (χ3n) is 4.54. The molecule has 6 nitrogen and oxygen atoms in total. The number of piperazine rings is 1. The molecule has 2 heterocycles. The van der Waals surface area contributed by atoms with E-state index in [1.165, 1.54) is 0 Å². The number of phenols is 1. The highest BCUT2D eigenvalue weighted by Crippen LogP contribution is 2.29. The van der Waals surface area contributed by atoms with Gasteiger partial charge in [-0.1, -0.05) is 24.3 Å². The number of likely N-dealkylation sites (N-methyl/N-ethyl adjacent to an activating group) is 1. The third-order valence-corrected chi connectivity index (χ3v) is 4.54. The quantitative estimate of drug-likeness (QED) is 0.718. The standard InChI is InChI=1S/C19H21N5O/c1-23-10-12-24(13-11-23)18-14-6-2-3-7-15(14)20-19(22-18)21-16-8-4-5-9-17(16)25/h2-9,25H,10-13H2,1H3,(H,20,21,22). The van der Waals surface area contributed by atoms with Crippen molar-refractivity contribution in [2.24, 2.45) is 0 Å². The van der Waals surface area contributed by atoms with E-state index in [0.29, 0.717) is 11.6 Å². The van der Waals surface area contributed by atoms with E-state index in [4.69, 9.17) is 4.98 Å². The van der Waals surface area contributed by atoms with Gasteiger partial charge in [-0.25, -0.2) is 4.98 Å². The van der Waals surface area contributed by atoms with Gasteiger partial charge in [0.25, 0.3) is 0 Å². The van der Waals surface area contributed by atoms with Gasteiger partial charge in [0.15, 0.2) is 0 Å². The van der Waals surface area contributed by atoms with E-state index >= 15 is 0 Å². The van der Waals surface area contributed by atoms with Crippen molar-refractivity contribution in [3.05, 3.63) is 48.5 Å². The molecule has 4 rings (SSSR count). The van der Waals surface area contributed by atoms with Crippen LogP contribution in [0.5, 0.6) is 5.75 Å². The van der Waals surface area contributed by atoms with Crippen molar-refractivity contribution in [3.63, 3.8) is 0 Å². The Morgan fingerprint density at radius 1 is 0.920 bits per heavy atom. The molecule has 6 heteroatoms. The average molecular weight is 335 g/mol. The molecule has 0 amide bonds. The number of fused-ring (bicyclic) bond motifs is 1. The van der Waals surface area contributed by atoms with Crippen LogP contribution < -0.4 is 10.2 Å². The minimum Gasteiger partial charge on any atom is -0.506 e. The van der Waals surface area contributed by atoms with Crippen molar-refractivity contribution < 1.29 is 5.11 Å². The van der Waals surface area contributed by atoms with Crippen molar-refractivity contribution in [3.8, 4) is 5.75 Å². The summed E-state index contributed by atoms with van der Waals surface area (Å²) >= 11 is 0. The molecule has 0 radical (unpaired) electrons. The Balaban J connectivity index is 1.75. The van der Waals surface area contributed by atoms with Crippen LogP contribution in [-0.4, -0.2) is 53.2 Å². The van der Waals surface area contributed by atoms with Gasteiger partial charge in [-0.05, 0) is 31.3 Å². The Labute approximate surface area is 146 Å². The zero-order chi connectivity index (χ0) is 17.2. The molecule has 0 bridgehead atoms. The van der Waals surface area contributed by atoms with Crippen LogP contribution in [0.15, 0.2) is 48.5 Å². The van der Waals surface area contributed by atoms with Gasteiger partial charge in [0.2, 0.25) is 5.95 Å². The second-order valence-electron chi connectivity index (χ2n) is 6.32. The molecule has 128 valence electrons. The topological polar surface area (TPSA) is 64.5 Å². The fraction of sp³-hybridized carbons (Fsp3) is 0.263. The van der Waals surface area contributed by atoms with E-state index in [9.17, 15) is 5.11 Å². The number of rotatable bonds is 3. The highest BCUT2D eigenvalue weighted by molar-refractivity contribution is 5.91. The summed E-state index contributed by atoms with van der Waals surface area (Å²) in [5.74, 6) is 1.62. The number of hydrogen-bond donors (Lipinski definition) is 2. The van der Waals surface area contributed by atoms with Crippen LogP contribution in [0.2, 0.25) is 0 Å². The van der Waals surface area contributed by atoms with E-state index in [1.54, 1.807) is 12.1 Å². The molecule has 1 aliphatic heterocycles. The van der Waals surface area contributed by atoms with E-state index in [0.717, 1.165) is 42.9 Å². The molecular formula is C19H21N5O. The number of anilines is 3. The molecule has 0 spiro atoms. The van der Waals surface area contributed by atoms with Gasteiger partial charge in [0.05, 0.1) is 11.2 Å². The SMILES string of the molecule is CN1CCN(c2nc(Nc3ccccc3O)nc3ccccc23)CC1. The van der Waals surface area contributed by atoms with Gasteiger partial charge in [0.1, 0.15) is 11.6 Å². The third kappa shape index (κ3) is 3.21. The fourth-order valence-electron chi connectivity index (χ4n) is 3.07. The average Bonchev–Trinajstić information content (AvgIpc) is 2.64. The Hall–Kier alpha value is -2.86. The van der Waals surface area contributed by atoms with Crippen molar-refractivity contribution in [1.82, 2.24) is 14.9 Å². The second-order valence-corrected chi connectivity index (χ2v) is 6.32. The lowest BCUT2D eigenvalue weighted by Gasteiger charge is -2.33. The lowest BCUT2D eigenvalue weighted by atomic mass is 10.2. The number of hydrogen-bond acceptors (Lipinski definition) is 6. The lowest BCUT2D eigenvalue weighted by molar-refractivity contribution is 0.312. The molecule has 0 unspecified atom stereocenters. The summed E-state index contributed by atoms with van der Waals surface area (Å²) in [6, 6.07) is 15.2. The molecule has 1 aliphatic rings. The molecule has 0 atom stereocenters. The van der Waals surface area contributed by atoms with E-state index < -0.39 is 0 Å². The molecule has 2 N–H and O–H groups in total. The summed E-state index contributed by atoms with van der Waals surface area (Å²) in [6.45, 7) is 3.90. The molecule has 1 aromatic heterocycles. The van der Waals surface area contributed by atoms with Crippen molar-refractivity contribution in [2.45, 2.75) is 0 Å². The van der Waals surface area contributed by atoms with Crippen LogP contribution in [-0.2, 0) is 0 Å². The van der Waals surface area contributed by atoms with Crippen LogP contribution in [0.3, 0.4) is 0 Å². The van der Waals surface area contributed by atoms with Gasteiger partial charge in [0, 0.05) is 31.6 Å². The molecule has 0 aliphatic carbocycles. The zero-order valence-electron chi connectivity index (χ0n) is 14.2. The maximum atomic E-state index is 10.00. The summed E-state index contributed by atoms with van der Waals surface area (Å²) in [6.07, 6.45) is 0. The largest absolute Gasteiger partial charge is 0.506 e. The number of nitrogens with one attached hydrogen (secondary N) is 1. The maximum Gasteiger partial charge on any atom is 0.229 e. The van der Waals surface area contributed by atoms with Crippen LogP contribution in [0.1, 0.15) is 0 Å². The monoisotopic (exact) mass is 335 g/mol. The summed E-state index contributed by atoms with van der Waals surface area (Å²) in [4.78, 5) is 14.0. The van der Waals surface area contributed by atoms with Crippen LogP contribution in [0, 0.1) is 0 Å². The smallest absolute Gasteiger partial charge is 0.229 e. The van der Waals surface area contributed by atoms with Crippen LogP contribution in [0.4, 0.5) is 17.5 Å². The number of benzene rings is 2. The number of nitrogens with zero attached hydrogens (tertiary/aromatic N) is 4. The number of para-hydroxylation sites is 3. The molecule has 25 heavy (non-hydrogen) atoms. The maximum absolute atomic E-state index is 10.00. The first-order chi connectivity index (χ1) is 12.2. The van der Waals surface area contributed by atoms with E-state index in [-0.39, 0.29) is 5.75 Å². The van der Waals surface area contributed by atoms with Crippen LogP contribution in [0.25, 0.3) is 10.9 Å². The van der Waals surface area contributed by atoms with Gasteiger partial charge in [-0.2, -0.15) is 4.98 Å². The molecule has 1 saturated heterocycles. The first-order valence-corrected chi connectivity index (χ1v) is 8.46. The second kappa shape index (κ2) is 6.57. The number of aromatic nitrogens is 2. The highest BCUT2D eigenvalue weighted by atomic mass is 16.3. The molecule has 0 saturated carbocycles. The summed E-state index contributed by atoms with van der Waals surface area (Å²) in [5.41, 5.74) is 1.49. The summed E-state index contributed by atoms with van der Waals surface area (Å²) in [7, 11) is 2.14. The zero-order valence-corrected chi connectivity index (χ0v) is 14.2. The molecule has 2 aromatic carbocycles. The summed E-state index contributed by atoms with van der Waals surface area (Å²) < 4.78 is 0. The van der Waals surface area contributed by atoms with Crippen LogP contribution >= 0.6 is 0 Å². The minimum absolute atomic E-state index is 0.181. The van der Waals surface area contributed by atoms with Gasteiger partial charge >= 0.3 is 0 Å². The normalized spacial score (nSPS) is 15.5. The Morgan fingerprint density at radius 3 is 2.44 bits per heavy atom. The van der Waals surface area contributed by atoms with Crippen molar-refractivity contribution in [2.75, 3.05) is 43.4 Å². The summed E-state index contributed by atoms with van der Waals surface area (Å²) in [5, 5.41) is 14.2. The number of phenolic OH excluding ortho intramolecular Hbond substituents is 1. The van der Waals surface area contributed by atoms with Gasteiger partial charge < -0.3 is 20.2 Å². The van der Waals surface area contributed by atoms with Crippen molar-refractivity contribution >= 4 is 28.4 Å². The van der Waals surface area contributed by atoms with Crippen molar-refractivity contribution in [1.29, 1.82) is 0 Å². The predicted octanol–water partition coefficient (Wildman–Crippen LogP) is 2.83. The molecule has 1 fully saturated rings. The first kappa shape index (κ1) is 15.7. The molecular weight excluding hydrogens is 314 g/mol. The Kier molecular flexibility index (Phi) is 4.11.